The molecule has 0 aliphatic rings. The maximum absolute atomic E-state index is 10.7. The number of aliphatic carboxylic acids is 1. The third-order valence-corrected chi connectivity index (χ3v) is 3.60. The molecule has 0 spiro atoms. The van der Waals surface area contributed by atoms with E-state index in [0.717, 1.165) is 22.6 Å². The number of carboxylic acid groups (broad SMARTS) is 1. The summed E-state index contributed by atoms with van der Waals surface area (Å²) in [5, 5.41) is 12.8. The van der Waals surface area contributed by atoms with Crippen LogP contribution in [0.4, 0.5) is 0 Å². The van der Waals surface area contributed by atoms with E-state index in [1.165, 1.54) is 0 Å². The zero-order valence-corrected chi connectivity index (χ0v) is 13.6. The molecule has 6 nitrogen and oxygen atoms in total. The Morgan fingerprint density at radius 1 is 1.08 bits per heavy atom. The lowest BCUT2D eigenvalue weighted by Crippen LogP contribution is -2.00. The summed E-state index contributed by atoms with van der Waals surface area (Å²) < 4.78 is 16.1. The molecule has 6 heteroatoms. The highest BCUT2D eigenvalue weighted by molar-refractivity contribution is 5.70. The molecule has 0 amide bonds. The SMILES string of the molecule is COc1ccc(-c2cc(COc3ccc(CC(=O)O)cc3)on2)cc1. The fourth-order valence-electron chi connectivity index (χ4n) is 2.31. The molecule has 0 aliphatic heterocycles. The molecule has 0 saturated heterocycles. The van der Waals surface area contributed by atoms with Gasteiger partial charge in [0.2, 0.25) is 0 Å². The first-order chi connectivity index (χ1) is 12.1. The molecule has 3 rings (SSSR count). The van der Waals surface area contributed by atoms with Gasteiger partial charge < -0.3 is 19.1 Å². The van der Waals surface area contributed by atoms with Crippen molar-refractivity contribution in [2.45, 2.75) is 13.0 Å². The third-order valence-electron chi connectivity index (χ3n) is 3.60. The van der Waals surface area contributed by atoms with Gasteiger partial charge in [-0.3, -0.25) is 4.79 Å². The maximum atomic E-state index is 10.7. The minimum absolute atomic E-state index is 0.00634. The van der Waals surface area contributed by atoms with E-state index in [2.05, 4.69) is 5.16 Å². The van der Waals surface area contributed by atoms with Crippen molar-refractivity contribution in [1.29, 1.82) is 0 Å². The summed E-state index contributed by atoms with van der Waals surface area (Å²) in [6.07, 6.45) is -0.00634. The van der Waals surface area contributed by atoms with Gasteiger partial charge in [0, 0.05) is 11.6 Å². The van der Waals surface area contributed by atoms with Crippen molar-refractivity contribution >= 4 is 5.97 Å². The second-order valence-electron chi connectivity index (χ2n) is 5.41. The van der Waals surface area contributed by atoms with Crippen molar-refractivity contribution in [2.75, 3.05) is 7.11 Å². The molecule has 0 atom stereocenters. The van der Waals surface area contributed by atoms with E-state index < -0.39 is 5.97 Å². The zero-order chi connectivity index (χ0) is 17.6. The number of ether oxygens (including phenoxy) is 2. The van der Waals surface area contributed by atoms with E-state index in [-0.39, 0.29) is 13.0 Å². The standard InChI is InChI=1S/C19H17NO5/c1-23-15-8-4-14(5-9-15)18-11-17(25-20-18)12-24-16-6-2-13(3-7-16)10-19(21)22/h2-9,11H,10,12H2,1H3,(H,21,22). The van der Waals surface area contributed by atoms with Gasteiger partial charge in [-0.1, -0.05) is 17.3 Å². The highest BCUT2D eigenvalue weighted by atomic mass is 16.5. The smallest absolute Gasteiger partial charge is 0.307 e. The van der Waals surface area contributed by atoms with Crippen LogP contribution >= 0.6 is 0 Å². The summed E-state index contributed by atoms with van der Waals surface area (Å²) in [5.74, 6) is 1.15. The van der Waals surface area contributed by atoms with Crippen molar-refractivity contribution in [3.8, 4) is 22.8 Å². The van der Waals surface area contributed by atoms with Gasteiger partial charge in [0.05, 0.1) is 13.5 Å². The van der Waals surface area contributed by atoms with Crippen LogP contribution in [0.15, 0.2) is 59.1 Å². The fourth-order valence-corrected chi connectivity index (χ4v) is 2.31. The third kappa shape index (κ3) is 4.38. The van der Waals surface area contributed by atoms with E-state index in [4.69, 9.17) is 19.1 Å². The number of hydrogen-bond donors (Lipinski definition) is 1. The van der Waals surface area contributed by atoms with Gasteiger partial charge in [0.1, 0.15) is 23.8 Å². The summed E-state index contributed by atoms with van der Waals surface area (Å²) in [5.41, 5.74) is 2.37. The molecule has 2 aromatic carbocycles. The monoisotopic (exact) mass is 339 g/mol. The predicted octanol–water partition coefficient (Wildman–Crippen LogP) is 3.56. The number of carbonyl (C=O) groups is 1. The summed E-state index contributed by atoms with van der Waals surface area (Å²) in [7, 11) is 1.62. The molecule has 0 unspecified atom stereocenters. The maximum Gasteiger partial charge on any atom is 0.307 e. The molecule has 0 saturated carbocycles. The summed E-state index contributed by atoms with van der Waals surface area (Å²) in [4.78, 5) is 10.7. The molecule has 0 radical (unpaired) electrons. The highest BCUT2D eigenvalue weighted by Gasteiger charge is 2.08. The normalized spacial score (nSPS) is 10.4. The van der Waals surface area contributed by atoms with Crippen LogP contribution in [0.5, 0.6) is 11.5 Å². The number of aromatic nitrogens is 1. The average molecular weight is 339 g/mol. The minimum atomic E-state index is -0.860. The van der Waals surface area contributed by atoms with E-state index in [9.17, 15) is 4.79 Å². The van der Waals surface area contributed by atoms with Crippen LogP contribution in [0.25, 0.3) is 11.3 Å². The Kier molecular flexibility index (Phi) is 4.99. The predicted molar refractivity (Wildman–Crippen MR) is 90.6 cm³/mol. The largest absolute Gasteiger partial charge is 0.497 e. The molecule has 1 aromatic heterocycles. The molecule has 1 heterocycles. The van der Waals surface area contributed by atoms with Crippen LogP contribution in [-0.4, -0.2) is 23.3 Å². The molecule has 0 aliphatic carbocycles. The Labute approximate surface area is 144 Å². The molecular formula is C19H17NO5. The number of nitrogens with zero attached hydrogens (tertiary/aromatic N) is 1. The van der Waals surface area contributed by atoms with Crippen molar-refractivity contribution in [2.24, 2.45) is 0 Å². The quantitative estimate of drug-likeness (QED) is 0.709. The minimum Gasteiger partial charge on any atom is -0.497 e. The average Bonchev–Trinajstić information content (AvgIpc) is 3.10. The van der Waals surface area contributed by atoms with Gasteiger partial charge >= 0.3 is 5.97 Å². The lowest BCUT2D eigenvalue weighted by atomic mass is 10.1. The Morgan fingerprint density at radius 3 is 2.40 bits per heavy atom. The van der Waals surface area contributed by atoms with Crippen LogP contribution in [-0.2, 0) is 17.8 Å². The lowest BCUT2D eigenvalue weighted by Gasteiger charge is -2.04. The first-order valence-corrected chi connectivity index (χ1v) is 7.67. The van der Waals surface area contributed by atoms with Gasteiger partial charge in [-0.05, 0) is 42.0 Å². The van der Waals surface area contributed by atoms with Gasteiger partial charge in [-0.15, -0.1) is 0 Å². The van der Waals surface area contributed by atoms with Gasteiger partial charge in [-0.2, -0.15) is 0 Å². The van der Waals surface area contributed by atoms with E-state index >= 15 is 0 Å². The zero-order valence-electron chi connectivity index (χ0n) is 13.6. The Morgan fingerprint density at radius 2 is 1.76 bits per heavy atom. The molecular weight excluding hydrogens is 322 g/mol. The highest BCUT2D eigenvalue weighted by Crippen LogP contribution is 2.23. The van der Waals surface area contributed by atoms with Crippen LogP contribution < -0.4 is 9.47 Å². The van der Waals surface area contributed by atoms with Crippen molar-refractivity contribution < 1.29 is 23.9 Å². The van der Waals surface area contributed by atoms with Gasteiger partial charge in [0.25, 0.3) is 0 Å². The second-order valence-corrected chi connectivity index (χ2v) is 5.41. The number of methoxy groups -OCH3 is 1. The molecule has 3 aromatic rings. The first-order valence-electron chi connectivity index (χ1n) is 7.67. The van der Waals surface area contributed by atoms with E-state index in [1.54, 1.807) is 31.4 Å². The molecule has 0 fully saturated rings. The summed E-state index contributed by atoms with van der Waals surface area (Å²) in [6.45, 7) is 0.238. The molecule has 128 valence electrons. The van der Waals surface area contributed by atoms with Crippen LogP contribution in [0, 0.1) is 0 Å². The molecule has 1 N–H and O–H groups in total. The van der Waals surface area contributed by atoms with E-state index in [0.29, 0.717) is 11.5 Å². The fraction of sp³-hybridized carbons (Fsp3) is 0.158. The van der Waals surface area contributed by atoms with Gasteiger partial charge in [0.15, 0.2) is 5.76 Å². The topological polar surface area (TPSA) is 81.8 Å². The van der Waals surface area contributed by atoms with Crippen molar-refractivity contribution in [3.63, 3.8) is 0 Å². The van der Waals surface area contributed by atoms with Crippen molar-refractivity contribution in [1.82, 2.24) is 5.16 Å². The Hall–Kier alpha value is -3.28. The van der Waals surface area contributed by atoms with Crippen LogP contribution in [0.1, 0.15) is 11.3 Å². The molecule has 0 bridgehead atoms. The summed E-state index contributed by atoms with van der Waals surface area (Å²) in [6, 6.07) is 16.3. The number of carboxylic acids is 1. The van der Waals surface area contributed by atoms with E-state index in [1.807, 2.05) is 30.3 Å². The van der Waals surface area contributed by atoms with Crippen molar-refractivity contribution in [3.05, 3.63) is 65.9 Å². The number of benzene rings is 2. The lowest BCUT2D eigenvalue weighted by molar-refractivity contribution is -0.136. The Bertz CT molecular complexity index is 837. The second kappa shape index (κ2) is 7.53. The first kappa shape index (κ1) is 16.6. The number of rotatable bonds is 7. The summed E-state index contributed by atoms with van der Waals surface area (Å²) >= 11 is 0. The Balaban J connectivity index is 1.60. The number of hydrogen-bond acceptors (Lipinski definition) is 5. The van der Waals surface area contributed by atoms with Crippen LogP contribution in [0.2, 0.25) is 0 Å². The van der Waals surface area contributed by atoms with Gasteiger partial charge in [-0.25, -0.2) is 0 Å². The van der Waals surface area contributed by atoms with Crippen LogP contribution in [0.3, 0.4) is 0 Å². The molecule has 25 heavy (non-hydrogen) atoms.